The van der Waals surface area contributed by atoms with Crippen LogP contribution in [0.3, 0.4) is 0 Å². The largest absolute Gasteiger partial charge is 0.355 e. The highest BCUT2D eigenvalue weighted by molar-refractivity contribution is 6.00. The lowest BCUT2D eigenvalue weighted by atomic mass is 9.98. The fourth-order valence-corrected chi connectivity index (χ4v) is 4.26. The van der Waals surface area contributed by atoms with Crippen molar-refractivity contribution in [1.29, 1.82) is 0 Å². The number of carbonyl (C=O) groups excluding carboxylic acids is 1. The molecule has 0 bridgehead atoms. The number of carbonyl (C=O) groups is 1. The second-order valence-corrected chi connectivity index (χ2v) is 8.45. The molecular formula is C27H27N7O. The molecular weight excluding hydrogens is 438 g/mol. The fourth-order valence-electron chi connectivity index (χ4n) is 4.26. The van der Waals surface area contributed by atoms with Crippen molar-refractivity contribution >= 4 is 29.0 Å². The average Bonchev–Trinajstić information content (AvgIpc) is 2.89. The van der Waals surface area contributed by atoms with Gasteiger partial charge in [-0.2, -0.15) is 4.98 Å². The lowest BCUT2D eigenvalue weighted by Crippen LogP contribution is -2.30. The fraction of sp³-hybridized carbons (Fsp3) is 0.185. The molecule has 3 N–H and O–H groups in total. The zero-order valence-electron chi connectivity index (χ0n) is 19.5. The zero-order valence-corrected chi connectivity index (χ0v) is 19.5. The van der Waals surface area contributed by atoms with Gasteiger partial charge in [0.25, 0.3) is 5.91 Å². The predicted octanol–water partition coefficient (Wildman–Crippen LogP) is 4.28. The number of pyridine rings is 1. The predicted molar refractivity (Wildman–Crippen MR) is 137 cm³/mol. The molecule has 2 aromatic heterocycles. The smallest absolute Gasteiger partial charge is 0.253 e. The van der Waals surface area contributed by atoms with Gasteiger partial charge in [0.05, 0.1) is 11.3 Å². The van der Waals surface area contributed by atoms with Crippen molar-refractivity contribution in [2.24, 2.45) is 0 Å². The van der Waals surface area contributed by atoms with Crippen LogP contribution in [0, 0.1) is 0 Å². The third kappa shape index (κ3) is 5.44. The molecule has 1 aliphatic rings. The van der Waals surface area contributed by atoms with E-state index in [1.54, 1.807) is 31.6 Å². The second kappa shape index (κ2) is 10.3. The number of nitrogens with zero attached hydrogens (tertiary/aromatic N) is 4. The molecule has 5 rings (SSSR count). The molecule has 1 amide bonds. The first-order chi connectivity index (χ1) is 17.2. The van der Waals surface area contributed by atoms with Crippen LogP contribution < -0.4 is 16.0 Å². The number of amides is 1. The monoisotopic (exact) mass is 465 g/mol. The van der Waals surface area contributed by atoms with Crippen LogP contribution in [0.25, 0.3) is 0 Å². The van der Waals surface area contributed by atoms with E-state index in [1.165, 1.54) is 16.7 Å². The lowest BCUT2D eigenvalue weighted by Gasteiger charge is -2.29. The molecule has 0 saturated heterocycles. The van der Waals surface area contributed by atoms with Gasteiger partial charge in [-0.1, -0.05) is 24.3 Å². The van der Waals surface area contributed by atoms with E-state index in [9.17, 15) is 4.79 Å². The van der Waals surface area contributed by atoms with E-state index < -0.39 is 0 Å². The Morgan fingerprint density at radius 3 is 2.77 bits per heavy atom. The maximum atomic E-state index is 12.2. The third-order valence-corrected chi connectivity index (χ3v) is 6.00. The maximum absolute atomic E-state index is 12.2. The van der Waals surface area contributed by atoms with Gasteiger partial charge in [-0.05, 0) is 59.5 Å². The summed E-state index contributed by atoms with van der Waals surface area (Å²) in [4.78, 5) is 27.8. The number of hydrogen-bond acceptors (Lipinski definition) is 7. The van der Waals surface area contributed by atoms with Crippen LogP contribution in [0.4, 0.5) is 23.1 Å². The minimum atomic E-state index is -0.160. The molecule has 0 aliphatic carbocycles. The Bertz CT molecular complexity index is 1330. The Hall–Kier alpha value is -4.30. The molecule has 8 heteroatoms. The van der Waals surface area contributed by atoms with E-state index in [2.05, 4.69) is 60.1 Å². The van der Waals surface area contributed by atoms with E-state index in [1.807, 2.05) is 30.5 Å². The van der Waals surface area contributed by atoms with Gasteiger partial charge in [-0.15, -0.1) is 0 Å². The molecule has 0 fully saturated rings. The molecule has 0 atom stereocenters. The Morgan fingerprint density at radius 1 is 1.00 bits per heavy atom. The summed E-state index contributed by atoms with van der Waals surface area (Å²) in [5, 5.41) is 9.21. The molecule has 3 heterocycles. The minimum Gasteiger partial charge on any atom is -0.355 e. The van der Waals surface area contributed by atoms with Gasteiger partial charge in [0.15, 0.2) is 0 Å². The lowest BCUT2D eigenvalue weighted by molar-refractivity contribution is 0.0964. The summed E-state index contributed by atoms with van der Waals surface area (Å²) >= 11 is 0. The number of hydrogen-bond donors (Lipinski definition) is 3. The van der Waals surface area contributed by atoms with Crippen molar-refractivity contribution in [3.63, 3.8) is 0 Å². The van der Waals surface area contributed by atoms with Gasteiger partial charge >= 0.3 is 0 Å². The highest BCUT2D eigenvalue weighted by atomic mass is 16.1. The quantitative estimate of drug-likeness (QED) is 0.375. The third-order valence-electron chi connectivity index (χ3n) is 6.00. The maximum Gasteiger partial charge on any atom is 0.253 e. The van der Waals surface area contributed by atoms with Crippen molar-refractivity contribution < 1.29 is 4.79 Å². The van der Waals surface area contributed by atoms with E-state index in [0.717, 1.165) is 31.7 Å². The van der Waals surface area contributed by atoms with Crippen LogP contribution >= 0.6 is 0 Å². The Labute approximate surface area is 204 Å². The number of benzene rings is 2. The second-order valence-electron chi connectivity index (χ2n) is 8.45. The summed E-state index contributed by atoms with van der Waals surface area (Å²) in [6.07, 6.45) is 6.45. The van der Waals surface area contributed by atoms with Crippen LogP contribution in [-0.2, 0) is 19.5 Å². The summed E-state index contributed by atoms with van der Waals surface area (Å²) < 4.78 is 0. The first kappa shape index (κ1) is 22.5. The van der Waals surface area contributed by atoms with Crippen molar-refractivity contribution in [3.8, 4) is 0 Å². The Morgan fingerprint density at radius 2 is 1.91 bits per heavy atom. The molecule has 0 radical (unpaired) electrons. The number of anilines is 4. The molecule has 1 aliphatic heterocycles. The van der Waals surface area contributed by atoms with Crippen LogP contribution in [0.15, 0.2) is 79.3 Å². The van der Waals surface area contributed by atoms with Crippen molar-refractivity contribution in [1.82, 2.24) is 25.2 Å². The van der Waals surface area contributed by atoms with Crippen LogP contribution in [0.2, 0.25) is 0 Å². The molecule has 0 unspecified atom stereocenters. The van der Waals surface area contributed by atoms with Gasteiger partial charge in [-0.3, -0.25) is 14.7 Å². The van der Waals surface area contributed by atoms with Crippen molar-refractivity contribution in [3.05, 3.63) is 102 Å². The molecule has 4 aromatic rings. The van der Waals surface area contributed by atoms with Gasteiger partial charge < -0.3 is 16.0 Å². The van der Waals surface area contributed by atoms with E-state index in [4.69, 9.17) is 0 Å². The summed E-state index contributed by atoms with van der Waals surface area (Å²) in [6, 6.07) is 19.6. The number of para-hydroxylation sites is 1. The number of rotatable bonds is 7. The summed E-state index contributed by atoms with van der Waals surface area (Å²) in [5.74, 6) is 0.919. The van der Waals surface area contributed by atoms with E-state index in [0.29, 0.717) is 23.0 Å². The summed E-state index contributed by atoms with van der Waals surface area (Å²) in [6.45, 7) is 2.81. The van der Waals surface area contributed by atoms with Gasteiger partial charge in [-0.25, -0.2) is 4.98 Å². The van der Waals surface area contributed by atoms with Crippen molar-refractivity contribution in [2.45, 2.75) is 19.5 Å². The first-order valence-corrected chi connectivity index (χ1v) is 11.6. The molecule has 176 valence electrons. The molecule has 0 spiro atoms. The Kier molecular flexibility index (Phi) is 6.63. The zero-order chi connectivity index (χ0) is 24.0. The normalized spacial score (nSPS) is 13.1. The molecule has 8 nitrogen and oxygen atoms in total. The number of aromatic nitrogens is 3. The van der Waals surface area contributed by atoms with Gasteiger partial charge in [0.2, 0.25) is 5.95 Å². The topological polar surface area (TPSA) is 95.1 Å². The number of fused-ring (bicyclic) bond motifs is 1. The van der Waals surface area contributed by atoms with Crippen LogP contribution in [0.5, 0.6) is 0 Å². The van der Waals surface area contributed by atoms with Crippen LogP contribution in [0.1, 0.15) is 27.0 Å². The molecule has 2 aromatic carbocycles. The first-order valence-electron chi connectivity index (χ1n) is 11.6. The molecule has 0 saturated carbocycles. The van der Waals surface area contributed by atoms with E-state index >= 15 is 0 Å². The van der Waals surface area contributed by atoms with Gasteiger partial charge in [0.1, 0.15) is 5.82 Å². The van der Waals surface area contributed by atoms with E-state index in [-0.39, 0.29) is 5.91 Å². The standard InChI is InChI=1S/C27H27N7O/c1-28-26(35)23-6-2-3-7-24(23)32-25-10-13-30-27(33-25)31-22-9-8-20-11-14-34(18-21(20)15-22)17-19-5-4-12-29-16-19/h2-10,12-13,15-16H,11,14,17-18H2,1H3,(H,28,35)(H2,30,31,32,33). The molecule has 35 heavy (non-hydrogen) atoms. The number of nitrogens with one attached hydrogen (secondary N) is 3. The van der Waals surface area contributed by atoms with Crippen molar-refractivity contribution in [2.75, 3.05) is 24.2 Å². The van der Waals surface area contributed by atoms with Crippen LogP contribution in [-0.4, -0.2) is 39.4 Å². The van der Waals surface area contributed by atoms with Gasteiger partial charge in [0, 0.05) is 51.0 Å². The Balaban J connectivity index is 1.29. The minimum absolute atomic E-state index is 0.160. The summed E-state index contributed by atoms with van der Waals surface area (Å²) in [5.41, 5.74) is 6.07. The SMILES string of the molecule is CNC(=O)c1ccccc1Nc1ccnc(Nc2ccc3c(c2)CN(Cc2cccnc2)CC3)n1. The average molecular weight is 466 g/mol. The highest BCUT2D eigenvalue weighted by Gasteiger charge is 2.17. The highest BCUT2D eigenvalue weighted by Crippen LogP contribution is 2.26. The summed E-state index contributed by atoms with van der Waals surface area (Å²) in [7, 11) is 1.61.